The fourth-order valence-corrected chi connectivity index (χ4v) is 3.55. The third kappa shape index (κ3) is 2.58. The minimum atomic E-state index is 0.793. The lowest BCUT2D eigenvalue weighted by atomic mass is 9.95. The van der Waals surface area contributed by atoms with Gasteiger partial charge in [-0.2, -0.15) is 0 Å². The molecular weight excluding hydrogens is 272 g/mol. The fraction of sp³-hybridized carbons (Fsp3) is 0.500. The van der Waals surface area contributed by atoms with Crippen molar-refractivity contribution in [2.75, 3.05) is 18.0 Å². The predicted octanol–water partition coefficient (Wildman–Crippen LogP) is 3.41. The van der Waals surface area contributed by atoms with Crippen molar-refractivity contribution in [3.05, 3.63) is 35.7 Å². The third-order valence-corrected chi connectivity index (χ3v) is 4.71. The Kier molecular flexibility index (Phi) is 3.75. The van der Waals surface area contributed by atoms with Gasteiger partial charge in [-0.1, -0.05) is 6.07 Å². The van der Waals surface area contributed by atoms with Crippen molar-refractivity contribution in [1.29, 1.82) is 0 Å². The summed E-state index contributed by atoms with van der Waals surface area (Å²) in [6, 6.07) is 5.95. The fourth-order valence-electron chi connectivity index (χ4n) is 3.55. The van der Waals surface area contributed by atoms with Crippen molar-refractivity contribution in [3.8, 4) is 11.5 Å². The van der Waals surface area contributed by atoms with Crippen LogP contribution in [0.15, 0.2) is 24.4 Å². The highest BCUT2D eigenvalue weighted by Crippen LogP contribution is 2.31. The van der Waals surface area contributed by atoms with E-state index in [9.17, 15) is 0 Å². The molecule has 0 radical (unpaired) electrons. The van der Waals surface area contributed by atoms with Gasteiger partial charge < -0.3 is 4.90 Å². The Morgan fingerprint density at radius 2 is 1.73 bits per heavy atom. The summed E-state index contributed by atoms with van der Waals surface area (Å²) in [6.07, 6.45) is 10.4. The van der Waals surface area contributed by atoms with Gasteiger partial charge in [0.25, 0.3) is 0 Å². The van der Waals surface area contributed by atoms with Gasteiger partial charge in [0, 0.05) is 30.5 Å². The van der Waals surface area contributed by atoms with Crippen LogP contribution in [0.5, 0.6) is 0 Å². The van der Waals surface area contributed by atoms with Crippen LogP contribution >= 0.6 is 0 Å². The molecular formula is C18H22N4. The molecule has 22 heavy (non-hydrogen) atoms. The molecule has 0 unspecified atom stereocenters. The molecule has 4 heteroatoms. The van der Waals surface area contributed by atoms with E-state index in [-0.39, 0.29) is 0 Å². The zero-order valence-electron chi connectivity index (χ0n) is 13.0. The van der Waals surface area contributed by atoms with E-state index in [4.69, 9.17) is 9.97 Å². The first-order chi connectivity index (χ1) is 10.9. The van der Waals surface area contributed by atoms with E-state index in [0.717, 1.165) is 37.4 Å². The van der Waals surface area contributed by atoms with Crippen LogP contribution in [-0.2, 0) is 12.8 Å². The molecule has 1 fully saturated rings. The number of hydrogen-bond donors (Lipinski definition) is 0. The number of hydrogen-bond acceptors (Lipinski definition) is 4. The molecule has 0 saturated carbocycles. The maximum absolute atomic E-state index is 4.93. The van der Waals surface area contributed by atoms with Gasteiger partial charge in [0.05, 0.1) is 0 Å². The molecule has 2 aromatic rings. The lowest BCUT2D eigenvalue weighted by molar-refractivity contribution is 0.566. The third-order valence-electron chi connectivity index (χ3n) is 4.71. The molecule has 0 spiro atoms. The molecule has 0 bridgehead atoms. The van der Waals surface area contributed by atoms with Crippen molar-refractivity contribution in [3.63, 3.8) is 0 Å². The lowest BCUT2D eigenvalue weighted by Crippen LogP contribution is -2.32. The molecule has 114 valence electrons. The minimum Gasteiger partial charge on any atom is -0.356 e. The summed E-state index contributed by atoms with van der Waals surface area (Å²) in [7, 11) is 0. The summed E-state index contributed by atoms with van der Waals surface area (Å²) in [4.78, 5) is 16.7. The minimum absolute atomic E-state index is 0.793. The van der Waals surface area contributed by atoms with Gasteiger partial charge in [-0.15, -0.1) is 0 Å². The van der Waals surface area contributed by atoms with Gasteiger partial charge >= 0.3 is 0 Å². The molecule has 4 rings (SSSR count). The quantitative estimate of drug-likeness (QED) is 0.851. The molecule has 1 aliphatic heterocycles. The van der Waals surface area contributed by atoms with E-state index in [1.807, 2.05) is 24.4 Å². The van der Waals surface area contributed by atoms with E-state index >= 15 is 0 Å². The zero-order chi connectivity index (χ0) is 14.8. The molecule has 2 aliphatic rings. The van der Waals surface area contributed by atoms with E-state index < -0.39 is 0 Å². The van der Waals surface area contributed by atoms with Crippen molar-refractivity contribution in [2.45, 2.75) is 44.9 Å². The summed E-state index contributed by atoms with van der Waals surface area (Å²) in [6.45, 7) is 2.26. The largest absolute Gasteiger partial charge is 0.356 e. The van der Waals surface area contributed by atoms with Crippen LogP contribution in [-0.4, -0.2) is 28.0 Å². The van der Waals surface area contributed by atoms with E-state index in [1.165, 1.54) is 49.2 Å². The van der Waals surface area contributed by atoms with Crippen molar-refractivity contribution < 1.29 is 0 Å². The number of rotatable bonds is 2. The van der Waals surface area contributed by atoms with Crippen LogP contribution in [0.4, 0.5) is 5.82 Å². The number of pyridine rings is 1. The van der Waals surface area contributed by atoms with Gasteiger partial charge in [0.15, 0.2) is 5.82 Å². The van der Waals surface area contributed by atoms with Gasteiger partial charge in [-0.25, -0.2) is 9.97 Å². The van der Waals surface area contributed by atoms with Gasteiger partial charge in [0.1, 0.15) is 11.5 Å². The average Bonchev–Trinajstić information content (AvgIpc) is 2.62. The highest BCUT2D eigenvalue weighted by Gasteiger charge is 2.23. The average molecular weight is 294 g/mol. The second kappa shape index (κ2) is 6.03. The Morgan fingerprint density at radius 3 is 2.55 bits per heavy atom. The predicted molar refractivity (Wildman–Crippen MR) is 88.0 cm³/mol. The standard InChI is InChI=1S/C18H22N4/c1-6-12-22(13-7-1)18-14-8-2-3-9-15(14)20-17(21-18)16-10-4-5-11-19-16/h4-5,10-11H,1-3,6-9,12-13H2. The number of nitrogens with zero attached hydrogens (tertiary/aromatic N) is 4. The maximum Gasteiger partial charge on any atom is 0.180 e. The number of piperidine rings is 1. The summed E-state index contributed by atoms with van der Waals surface area (Å²) in [5.74, 6) is 1.98. The first-order valence-electron chi connectivity index (χ1n) is 8.48. The Labute approximate surface area is 131 Å². The molecule has 0 aromatic carbocycles. The highest BCUT2D eigenvalue weighted by atomic mass is 15.2. The molecule has 4 nitrogen and oxygen atoms in total. The lowest BCUT2D eigenvalue weighted by Gasteiger charge is -2.31. The number of anilines is 1. The topological polar surface area (TPSA) is 41.9 Å². The molecule has 0 N–H and O–H groups in total. The SMILES string of the molecule is c1ccc(-c2nc3c(c(N4CCCCC4)n2)CCCC3)nc1. The van der Waals surface area contributed by atoms with Crippen molar-refractivity contribution >= 4 is 5.82 Å². The molecule has 0 atom stereocenters. The smallest absolute Gasteiger partial charge is 0.180 e. The van der Waals surface area contributed by atoms with Gasteiger partial charge in [-0.05, 0) is 57.1 Å². The first-order valence-corrected chi connectivity index (χ1v) is 8.48. The van der Waals surface area contributed by atoms with Gasteiger partial charge in [-0.3, -0.25) is 4.98 Å². The summed E-state index contributed by atoms with van der Waals surface area (Å²) in [5, 5.41) is 0. The van der Waals surface area contributed by atoms with Crippen LogP contribution in [0.1, 0.15) is 43.4 Å². The first kappa shape index (κ1) is 13.7. The molecule has 0 amide bonds. The normalized spacial score (nSPS) is 18.1. The molecule has 2 aromatic heterocycles. The summed E-state index contributed by atoms with van der Waals surface area (Å²) < 4.78 is 0. The highest BCUT2D eigenvalue weighted by molar-refractivity contribution is 5.58. The second-order valence-electron chi connectivity index (χ2n) is 6.27. The molecule has 1 saturated heterocycles. The number of fused-ring (bicyclic) bond motifs is 1. The molecule has 1 aliphatic carbocycles. The number of aromatic nitrogens is 3. The van der Waals surface area contributed by atoms with Gasteiger partial charge in [0.2, 0.25) is 0 Å². The van der Waals surface area contributed by atoms with Crippen LogP contribution in [0.3, 0.4) is 0 Å². The van der Waals surface area contributed by atoms with Crippen LogP contribution in [0, 0.1) is 0 Å². The van der Waals surface area contributed by atoms with E-state index in [2.05, 4.69) is 9.88 Å². The monoisotopic (exact) mass is 294 g/mol. The summed E-state index contributed by atoms with van der Waals surface area (Å²) in [5.41, 5.74) is 3.53. The van der Waals surface area contributed by atoms with Crippen molar-refractivity contribution in [2.24, 2.45) is 0 Å². The Bertz CT molecular complexity index is 648. The Balaban J connectivity index is 1.80. The Hall–Kier alpha value is -1.97. The van der Waals surface area contributed by atoms with E-state index in [0.29, 0.717) is 0 Å². The van der Waals surface area contributed by atoms with Crippen molar-refractivity contribution in [1.82, 2.24) is 15.0 Å². The van der Waals surface area contributed by atoms with Crippen LogP contribution in [0.25, 0.3) is 11.5 Å². The number of aryl methyl sites for hydroxylation is 1. The van der Waals surface area contributed by atoms with Crippen LogP contribution in [0.2, 0.25) is 0 Å². The van der Waals surface area contributed by atoms with E-state index in [1.54, 1.807) is 0 Å². The second-order valence-corrected chi connectivity index (χ2v) is 6.27. The maximum atomic E-state index is 4.93. The zero-order valence-corrected chi connectivity index (χ0v) is 13.0. The summed E-state index contributed by atoms with van der Waals surface area (Å²) >= 11 is 0. The van der Waals surface area contributed by atoms with Crippen LogP contribution < -0.4 is 4.90 Å². The Morgan fingerprint density at radius 1 is 0.864 bits per heavy atom. The molecule has 3 heterocycles.